The topological polar surface area (TPSA) is 71.8 Å². The van der Waals surface area contributed by atoms with Gasteiger partial charge < -0.3 is 9.84 Å². The molecule has 5 heteroatoms. The Morgan fingerprint density at radius 3 is 2.96 bits per heavy atom. The van der Waals surface area contributed by atoms with Crippen LogP contribution in [-0.4, -0.2) is 28.4 Å². The molecule has 0 saturated heterocycles. The van der Waals surface area contributed by atoms with Crippen LogP contribution < -0.4 is 0 Å². The van der Waals surface area contributed by atoms with Gasteiger partial charge in [-0.1, -0.05) is 6.07 Å². The van der Waals surface area contributed by atoms with Crippen molar-refractivity contribution in [2.24, 2.45) is 4.99 Å². The van der Waals surface area contributed by atoms with E-state index in [0.29, 0.717) is 13.0 Å². The smallest absolute Gasteiger partial charge is 0.310 e. The van der Waals surface area contributed by atoms with Crippen LogP contribution in [0.4, 0.5) is 0 Å². The van der Waals surface area contributed by atoms with Crippen LogP contribution in [0.15, 0.2) is 35.5 Å². The maximum absolute atomic E-state index is 11.8. The van der Waals surface area contributed by atoms with Gasteiger partial charge in [-0.05, 0) is 41.8 Å². The van der Waals surface area contributed by atoms with Gasteiger partial charge in [0.25, 0.3) is 0 Å². The van der Waals surface area contributed by atoms with E-state index in [9.17, 15) is 9.90 Å². The Morgan fingerprint density at radius 2 is 2.17 bits per heavy atom. The minimum atomic E-state index is -0.377. The highest BCUT2D eigenvalue weighted by molar-refractivity contribution is 6.15. The lowest BCUT2D eigenvalue weighted by atomic mass is 9.89. The number of ether oxygens (including phenoxy) is 1. The molecule has 3 heterocycles. The summed E-state index contributed by atoms with van der Waals surface area (Å²) in [6.07, 6.45) is 2.12. The number of cyclic esters (lactones) is 1. The molecule has 0 saturated carbocycles. The van der Waals surface area contributed by atoms with Crippen LogP contribution in [0.3, 0.4) is 0 Å². The van der Waals surface area contributed by atoms with Crippen molar-refractivity contribution in [3.8, 4) is 0 Å². The van der Waals surface area contributed by atoms with Crippen LogP contribution >= 0.6 is 0 Å². The zero-order chi connectivity index (χ0) is 16.7. The number of carbonyl (C=O) groups is 1. The van der Waals surface area contributed by atoms with Gasteiger partial charge in [0.05, 0.1) is 18.7 Å². The van der Waals surface area contributed by atoms with Gasteiger partial charge in [-0.3, -0.25) is 14.8 Å². The van der Waals surface area contributed by atoms with Crippen molar-refractivity contribution >= 4 is 11.7 Å². The summed E-state index contributed by atoms with van der Waals surface area (Å²) in [5.74, 6) is -0.232. The summed E-state index contributed by atoms with van der Waals surface area (Å²) in [5.41, 5.74) is 7.16. The predicted octanol–water partition coefficient (Wildman–Crippen LogP) is 2.26. The molecule has 1 unspecified atom stereocenters. The third-order valence-corrected chi connectivity index (χ3v) is 4.54. The Hall–Kier alpha value is -2.53. The predicted molar refractivity (Wildman–Crippen MR) is 89.0 cm³/mol. The average molecular weight is 322 g/mol. The van der Waals surface area contributed by atoms with Gasteiger partial charge in [-0.15, -0.1) is 0 Å². The van der Waals surface area contributed by atoms with E-state index >= 15 is 0 Å². The number of nitrogens with zero attached hydrogens (tertiary/aromatic N) is 2. The van der Waals surface area contributed by atoms with Crippen LogP contribution in [0.25, 0.3) is 0 Å². The standard InChI is InChI=1S/C19H18N2O3/c1-11-6-12(2-4-20-11)19-16-9-15-13(7-14(16)10-21-19)8-18(23)24-17(15)3-5-22/h2,4,6-7,9,17,22H,3,5,8,10H2,1H3. The fourth-order valence-corrected chi connectivity index (χ4v) is 3.46. The zero-order valence-electron chi connectivity index (χ0n) is 13.5. The van der Waals surface area contributed by atoms with Crippen LogP contribution in [0.5, 0.6) is 0 Å². The summed E-state index contributed by atoms with van der Waals surface area (Å²) in [7, 11) is 0. The molecule has 2 aromatic rings. The molecule has 0 amide bonds. The lowest BCUT2D eigenvalue weighted by Gasteiger charge is -2.26. The first-order valence-corrected chi connectivity index (χ1v) is 8.09. The number of fused-ring (bicyclic) bond motifs is 2. The average Bonchev–Trinajstić information content (AvgIpc) is 2.96. The first-order valence-electron chi connectivity index (χ1n) is 8.09. The highest BCUT2D eigenvalue weighted by Crippen LogP contribution is 2.35. The number of esters is 1. The Kier molecular flexibility index (Phi) is 3.65. The van der Waals surface area contributed by atoms with Gasteiger partial charge in [0.15, 0.2) is 0 Å². The summed E-state index contributed by atoms with van der Waals surface area (Å²) in [4.78, 5) is 20.7. The zero-order valence-corrected chi connectivity index (χ0v) is 13.5. The van der Waals surface area contributed by atoms with Crippen molar-refractivity contribution in [3.05, 3.63) is 64.0 Å². The molecule has 4 rings (SSSR count). The number of aliphatic hydroxyl groups is 1. The molecule has 0 aliphatic carbocycles. The second kappa shape index (κ2) is 5.83. The van der Waals surface area contributed by atoms with Crippen molar-refractivity contribution < 1.29 is 14.6 Å². The number of aromatic nitrogens is 1. The van der Waals surface area contributed by atoms with Gasteiger partial charge in [-0.2, -0.15) is 0 Å². The minimum Gasteiger partial charge on any atom is -0.457 e. The van der Waals surface area contributed by atoms with Crippen molar-refractivity contribution in [2.45, 2.75) is 32.4 Å². The Bertz CT molecular complexity index is 858. The number of benzene rings is 1. The number of pyridine rings is 1. The number of hydrogen-bond donors (Lipinski definition) is 1. The third kappa shape index (κ3) is 2.51. The second-order valence-electron chi connectivity index (χ2n) is 6.23. The van der Waals surface area contributed by atoms with E-state index in [0.717, 1.165) is 39.2 Å². The summed E-state index contributed by atoms with van der Waals surface area (Å²) < 4.78 is 5.42. The molecular weight excluding hydrogens is 304 g/mol. The van der Waals surface area contributed by atoms with E-state index in [1.807, 2.05) is 19.1 Å². The van der Waals surface area contributed by atoms with E-state index in [1.165, 1.54) is 0 Å². The lowest BCUT2D eigenvalue weighted by Crippen LogP contribution is -2.23. The highest BCUT2D eigenvalue weighted by atomic mass is 16.5. The number of hydrogen-bond acceptors (Lipinski definition) is 5. The van der Waals surface area contributed by atoms with Gasteiger partial charge >= 0.3 is 5.97 Å². The number of aryl methyl sites for hydroxylation is 1. The molecule has 0 radical (unpaired) electrons. The summed E-state index contributed by atoms with van der Waals surface area (Å²) >= 11 is 0. The molecule has 5 nitrogen and oxygen atoms in total. The molecule has 1 N–H and O–H groups in total. The highest BCUT2D eigenvalue weighted by Gasteiger charge is 2.29. The van der Waals surface area contributed by atoms with Crippen LogP contribution in [0.1, 0.15) is 46.0 Å². The Balaban J connectivity index is 1.79. The Morgan fingerprint density at radius 1 is 1.29 bits per heavy atom. The summed E-state index contributed by atoms with van der Waals surface area (Å²) in [5, 5.41) is 9.26. The molecule has 1 aromatic carbocycles. The van der Waals surface area contributed by atoms with Gasteiger partial charge in [-0.25, -0.2) is 0 Å². The van der Waals surface area contributed by atoms with Crippen molar-refractivity contribution in [3.63, 3.8) is 0 Å². The van der Waals surface area contributed by atoms with Crippen LogP contribution in [-0.2, 0) is 22.5 Å². The monoisotopic (exact) mass is 322 g/mol. The normalized spacial score (nSPS) is 18.7. The molecule has 2 aliphatic rings. The van der Waals surface area contributed by atoms with Gasteiger partial charge in [0.1, 0.15) is 6.10 Å². The maximum atomic E-state index is 11.8. The molecule has 1 aromatic heterocycles. The second-order valence-corrected chi connectivity index (χ2v) is 6.23. The van der Waals surface area contributed by atoms with E-state index in [2.05, 4.69) is 17.1 Å². The molecule has 0 spiro atoms. The van der Waals surface area contributed by atoms with E-state index in [-0.39, 0.29) is 25.1 Å². The van der Waals surface area contributed by atoms with Crippen molar-refractivity contribution in [2.75, 3.05) is 6.61 Å². The van der Waals surface area contributed by atoms with E-state index < -0.39 is 0 Å². The van der Waals surface area contributed by atoms with Crippen LogP contribution in [0, 0.1) is 6.92 Å². The van der Waals surface area contributed by atoms with Crippen molar-refractivity contribution in [1.82, 2.24) is 4.98 Å². The van der Waals surface area contributed by atoms with Gasteiger partial charge in [0, 0.05) is 36.0 Å². The molecular formula is C19H18N2O3. The van der Waals surface area contributed by atoms with Crippen molar-refractivity contribution in [1.29, 1.82) is 0 Å². The number of aliphatic hydroxyl groups excluding tert-OH is 1. The van der Waals surface area contributed by atoms with Gasteiger partial charge in [0.2, 0.25) is 0 Å². The molecule has 0 fully saturated rings. The molecule has 0 bridgehead atoms. The van der Waals surface area contributed by atoms with Crippen LogP contribution in [0.2, 0.25) is 0 Å². The first-order chi connectivity index (χ1) is 11.7. The molecule has 122 valence electrons. The quantitative estimate of drug-likeness (QED) is 0.880. The third-order valence-electron chi connectivity index (χ3n) is 4.54. The van der Waals surface area contributed by atoms with E-state index in [4.69, 9.17) is 9.73 Å². The fourth-order valence-electron chi connectivity index (χ4n) is 3.46. The SMILES string of the molecule is Cc1cc(C2=NCc3cc4c(cc32)C(CCO)OC(=O)C4)ccn1. The number of rotatable bonds is 3. The first kappa shape index (κ1) is 15.0. The maximum Gasteiger partial charge on any atom is 0.310 e. The van der Waals surface area contributed by atoms with E-state index in [1.54, 1.807) is 6.20 Å². The Labute approximate surface area is 140 Å². The molecule has 1 atom stereocenters. The lowest BCUT2D eigenvalue weighted by molar-refractivity contribution is -0.151. The number of aliphatic imine (C=N–C) groups is 1. The minimum absolute atomic E-state index is 0.0149. The molecule has 2 aliphatic heterocycles. The molecule has 24 heavy (non-hydrogen) atoms. The largest absolute Gasteiger partial charge is 0.457 e. The summed E-state index contributed by atoms with van der Waals surface area (Å²) in [6.45, 7) is 2.57. The summed E-state index contributed by atoms with van der Waals surface area (Å²) in [6, 6.07) is 8.14. The number of carbonyl (C=O) groups excluding carboxylic acids is 1. The fraction of sp³-hybridized carbons (Fsp3) is 0.316.